The van der Waals surface area contributed by atoms with E-state index >= 15 is 0 Å². The van der Waals surface area contributed by atoms with Crippen LogP contribution in [0.3, 0.4) is 0 Å². The van der Waals surface area contributed by atoms with Crippen molar-refractivity contribution in [2.24, 2.45) is 0 Å². The zero-order chi connectivity index (χ0) is 16.1. The largest absolute Gasteiger partial charge is 0.438 e. The molecule has 0 saturated heterocycles. The number of nitrogens with zero attached hydrogens (tertiary/aromatic N) is 2. The Kier molecular flexibility index (Phi) is 4.33. The average Bonchev–Trinajstić information content (AvgIpc) is 3.06. The lowest BCUT2D eigenvalue weighted by atomic mass is 10.2. The van der Waals surface area contributed by atoms with Crippen molar-refractivity contribution in [3.05, 3.63) is 66.9 Å². The van der Waals surface area contributed by atoms with Crippen LogP contribution in [0, 0.1) is 0 Å². The number of rotatable bonds is 4. The van der Waals surface area contributed by atoms with Crippen LogP contribution in [0.25, 0.3) is 11.3 Å². The summed E-state index contributed by atoms with van der Waals surface area (Å²) in [5, 5.41) is 5.47. The Labute approximate surface area is 133 Å². The van der Waals surface area contributed by atoms with Crippen LogP contribution in [0.1, 0.15) is 18.9 Å². The topological polar surface area (TPSA) is 80.0 Å². The zero-order valence-corrected chi connectivity index (χ0v) is 12.6. The van der Waals surface area contributed by atoms with Gasteiger partial charge in [0.2, 0.25) is 5.89 Å². The normalized spacial score (nSPS) is 11.7. The third kappa shape index (κ3) is 3.74. The smallest absolute Gasteiger partial charge is 0.319 e. The van der Waals surface area contributed by atoms with Gasteiger partial charge >= 0.3 is 6.03 Å². The lowest BCUT2D eigenvalue weighted by Gasteiger charge is -2.11. The second-order valence-electron chi connectivity index (χ2n) is 4.99. The molecular formula is C17H16N4O2. The molecule has 0 saturated carbocycles. The van der Waals surface area contributed by atoms with Crippen molar-refractivity contribution in [3.63, 3.8) is 0 Å². The van der Waals surface area contributed by atoms with Gasteiger partial charge in [0.05, 0.1) is 18.1 Å². The van der Waals surface area contributed by atoms with Gasteiger partial charge in [-0.3, -0.25) is 4.98 Å². The van der Waals surface area contributed by atoms with E-state index in [1.165, 1.54) is 0 Å². The minimum Gasteiger partial charge on any atom is -0.438 e. The number of anilines is 1. The summed E-state index contributed by atoms with van der Waals surface area (Å²) in [6.45, 7) is 1.81. The highest BCUT2D eigenvalue weighted by atomic mass is 16.4. The molecule has 3 aromatic rings. The molecule has 0 radical (unpaired) electrons. The maximum Gasteiger partial charge on any atom is 0.319 e. The first-order valence-corrected chi connectivity index (χ1v) is 7.21. The Hall–Kier alpha value is -3.15. The van der Waals surface area contributed by atoms with Crippen LogP contribution < -0.4 is 10.6 Å². The summed E-state index contributed by atoms with van der Waals surface area (Å²) < 4.78 is 5.72. The quantitative estimate of drug-likeness (QED) is 0.771. The highest BCUT2D eigenvalue weighted by Gasteiger charge is 2.15. The first-order chi connectivity index (χ1) is 11.2. The summed E-state index contributed by atoms with van der Waals surface area (Å²) in [6.07, 6.45) is 4.87. The molecule has 116 valence electrons. The molecular weight excluding hydrogens is 292 g/mol. The third-order valence-electron chi connectivity index (χ3n) is 3.22. The molecule has 6 nitrogen and oxygen atoms in total. The summed E-state index contributed by atoms with van der Waals surface area (Å²) in [7, 11) is 0. The monoisotopic (exact) mass is 308 g/mol. The van der Waals surface area contributed by atoms with Crippen LogP contribution in [0.5, 0.6) is 0 Å². The number of benzene rings is 1. The van der Waals surface area contributed by atoms with E-state index in [0.29, 0.717) is 17.3 Å². The van der Waals surface area contributed by atoms with Gasteiger partial charge in [-0.15, -0.1) is 0 Å². The molecule has 2 heterocycles. The van der Waals surface area contributed by atoms with Crippen molar-refractivity contribution >= 4 is 11.7 Å². The second-order valence-corrected chi connectivity index (χ2v) is 4.99. The highest BCUT2D eigenvalue weighted by Crippen LogP contribution is 2.22. The molecule has 1 atom stereocenters. The predicted octanol–water partition coefficient (Wildman–Crippen LogP) is 3.62. The van der Waals surface area contributed by atoms with Crippen LogP contribution in [0.15, 0.2) is 65.5 Å². The van der Waals surface area contributed by atoms with E-state index in [-0.39, 0.29) is 12.1 Å². The molecule has 0 aliphatic heterocycles. The van der Waals surface area contributed by atoms with E-state index in [0.717, 1.165) is 5.56 Å². The number of carbonyl (C=O) groups is 1. The van der Waals surface area contributed by atoms with Crippen molar-refractivity contribution in [1.82, 2.24) is 15.3 Å². The van der Waals surface area contributed by atoms with Crippen LogP contribution in [-0.4, -0.2) is 16.0 Å². The molecule has 2 amide bonds. The first-order valence-electron chi connectivity index (χ1n) is 7.21. The second kappa shape index (κ2) is 6.74. The van der Waals surface area contributed by atoms with Gasteiger partial charge in [0.25, 0.3) is 0 Å². The van der Waals surface area contributed by atoms with E-state index in [2.05, 4.69) is 20.6 Å². The number of pyridine rings is 1. The number of amides is 2. The number of oxazole rings is 1. The predicted molar refractivity (Wildman–Crippen MR) is 86.7 cm³/mol. The Bertz CT molecular complexity index is 772. The van der Waals surface area contributed by atoms with Gasteiger partial charge in [-0.1, -0.05) is 30.3 Å². The maximum absolute atomic E-state index is 12.0. The molecule has 0 spiro atoms. The minimum atomic E-state index is -0.357. The summed E-state index contributed by atoms with van der Waals surface area (Å²) in [6, 6.07) is 12.5. The lowest BCUT2D eigenvalue weighted by Crippen LogP contribution is -2.31. The molecule has 0 fully saturated rings. The molecule has 3 rings (SSSR count). The van der Waals surface area contributed by atoms with E-state index < -0.39 is 0 Å². The number of urea groups is 1. The standard InChI is InChI=1S/C17H16N4O2/c1-12(20-17(22)21-14-8-5-9-18-10-14)16-19-11-15(23-16)13-6-3-2-4-7-13/h2-12H,1H3,(H2,20,21,22)/t12-/m0/s1. The number of hydrogen-bond acceptors (Lipinski definition) is 4. The molecule has 0 aliphatic carbocycles. The molecule has 1 aromatic carbocycles. The first kappa shape index (κ1) is 14.8. The average molecular weight is 308 g/mol. The summed E-state index contributed by atoms with van der Waals surface area (Å²) >= 11 is 0. The van der Waals surface area contributed by atoms with E-state index in [1.54, 1.807) is 30.7 Å². The number of aromatic nitrogens is 2. The molecule has 6 heteroatoms. The third-order valence-corrected chi connectivity index (χ3v) is 3.22. The molecule has 2 N–H and O–H groups in total. The SMILES string of the molecule is C[C@H](NC(=O)Nc1cccnc1)c1ncc(-c2ccccc2)o1. The van der Waals surface area contributed by atoms with Crippen LogP contribution >= 0.6 is 0 Å². The molecule has 0 unspecified atom stereocenters. The van der Waals surface area contributed by atoms with Crippen LogP contribution in [0.4, 0.5) is 10.5 Å². The molecule has 2 aromatic heterocycles. The Morgan fingerprint density at radius 3 is 2.70 bits per heavy atom. The van der Waals surface area contributed by atoms with Gasteiger partial charge in [-0.2, -0.15) is 0 Å². The van der Waals surface area contributed by atoms with Crippen molar-refractivity contribution in [2.45, 2.75) is 13.0 Å². The van der Waals surface area contributed by atoms with Gasteiger partial charge in [0.15, 0.2) is 5.76 Å². The van der Waals surface area contributed by atoms with E-state index in [9.17, 15) is 4.79 Å². The summed E-state index contributed by atoms with van der Waals surface area (Å²) in [5.41, 5.74) is 1.56. The van der Waals surface area contributed by atoms with Gasteiger partial charge in [0, 0.05) is 11.8 Å². The van der Waals surface area contributed by atoms with E-state index in [4.69, 9.17) is 4.42 Å². The van der Waals surface area contributed by atoms with Crippen molar-refractivity contribution < 1.29 is 9.21 Å². The van der Waals surface area contributed by atoms with Crippen molar-refractivity contribution in [2.75, 3.05) is 5.32 Å². The summed E-state index contributed by atoms with van der Waals surface area (Å²) in [4.78, 5) is 20.1. The lowest BCUT2D eigenvalue weighted by molar-refractivity contribution is 0.247. The zero-order valence-electron chi connectivity index (χ0n) is 12.6. The van der Waals surface area contributed by atoms with E-state index in [1.807, 2.05) is 37.3 Å². The Balaban J connectivity index is 1.63. The Morgan fingerprint density at radius 1 is 1.13 bits per heavy atom. The minimum absolute atomic E-state index is 0.343. The Morgan fingerprint density at radius 2 is 1.96 bits per heavy atom. The fourth-order valence-corrected chi connectivity index (χ4v) is 2.09. The maximum atomic E-state index is 12.0. The molecule has 23 heavy (non-hydrogen) atoms. The molecule has 0 bridgehead atoms. The number of carbonyl (C=O) groups excluding carboxylic acids is 1. The fourth-order valence-electron chi connectivity index (χ4n) is 2.09. The number of nitrogens with one attached hydrogen (secondary N) is 2. The fraction of sp³-hybridized carbons (Fsp3) is 0.118. The van der Waals surface area contributed by atoms with Gasteiger partial charge < -0.3 is 15.1 Å². The van der Waals surface area contributed by atoms with Crippen molar-refractivity contribution in [3.8, 4) is 11.3 Å². The molecule has 0 aliphatic rings. The summed E-state index contributed by atoms with van der Waals surface area (Å²) in [5.74, 6) is 1.12. The van der Waals surface area contributed by atoms with Crippen molar-refractivity contribution in [1.29, 1.82) is 0 Å². The van der Waals surface area contributed by atoms with Crippen LogP contribution in [0.2, 0.25) is 0 Å². The van der Waals surface area contributed by atoms with Gasteiger partial charge in [0.1, 0.15) is 6.04 Å². The van der Waals surface area contributed by atoms with Gasteiger partial charge in [-0.25, -0.2) is 9.78 Å². The number of hydrogen-bond donors (Lipinski definition) is 2. The van der Waals surface area contributed by atoms with Gasteiger partial charge in [-0.05, 0) is 19.1 Å². The highest BCUT2D eigenvalue weighted by molar-refractivity contribution is 5.89. The van der Waals surface area contributed by atoms with Crippen LogP contribution in [-0.2, 0) is 0 Å².